The molecule has 0 rings (SSSR count). The fourth-order valence-electron chi connectivity index (χ4n) is 1.01. The van der Waals surface area contributed by atoms with Gasteiger partial charge in [0.2, 0.25) is 0 Å². The van der Waals surface area contributed by atoms with E-state index in [4.69, 9.17) is 9.47 Å². The second kappa shape index (κ2) is 7.97. The van der Waals surface area contributed by atoms with Gasteiger partial charge in [-0.2, -0.15) is 0 Å². The van der Waals surface area contributed by atoms with Crippen molar-refractivity contribution in [1.82, 2.24) is 0 Å². The molecule has 0 heterocycles. The Kier molecular flexibility index (Phi) is 7.42. The Morgan fingerprint density at radius 2 is 1.63 bits per heavy atom. The van der Waals surface area contributed by atoms with Crippen LogP contribution in [-0.4, -0.2) is 24.6 Å². The Balaban J connectivity index is 3.91. The number of ether oxygens (including phenoxy) is 2. The lowest BCUT2D eigenvalue weighted by Crippen LogP contribution is -2.28. The minimum Gasteiger partial charge on any atom is -0.462 e. The molecule has 0 aliphatic carbocycles. The van der Waals surface area contributed by atoms with Gasteiger partial charge >= 0.3 is 11.9 Å². The van der Waals surface area contributed by atoms with Gasteiger partial charge in [0.05, 0.1) is 12.8 Å². The third kappa shape index (κ3) is 9.28. The van der Waals surface area contributed by atoms with Crippen molar-refractivity contribution in [2.75, 3.05) is 6.61 Å². The van der Waals surface area contributed by atoms with Crippen molar-refractivity contribution in [2.45, 2.75) is 60.5 Å². The van der Waals surface area contributed by atoms with E-state index in [1.807, 2.05) is 47.6 Å². The summed E-state index contributed by atoms with van der Waals surface area (Å²) in [6, 6.07) is 0. The first-order valence-electron chi connectivity index (χ1n) is 6.61. The van der Waals surface area contributed by atoms with Gasteiger partial charge in [-0.3, -0.25) is 9.59 Å². The third-order valence-electron chi connectivity index (χ3n) is 2.80. The number of hydrogen-bond donors (Lipinski definition) is 0. The molecule has 0 amide bonds. The fraction of sp³-hybridized carbons (Fsp3) is 0.733. The van der Waals surface area contributed by atoms with Gasteiger partial charge in [-0.05, 0) is 32.3 Å². The number of esters is 2. The molecular formula is C15H26O4. The minimum absolute atomic E-state index is 0.0618. The van der Waals surface area contributed by atoms with Crippen molar-refractivity contribution >= 4 is 11.9 Å². The summed E-state index contributed by atoms with van der Waals surface area (Å²) in [4.78, 5) is 22.9. The first-order valence-corrected chi connectivity index (χ1v) is 6.61. The summed E-state index contributed by atoms with van der Waals surface area (Å²) >= 11 is 0. The predicted octanol–water partition coefficient (Wildman–Crippen LogP) is 3.25. The predicted molar refractivity (Wildman–Crippen MR) is 74.6 cm³/mol. The third-order valence-corrected chi connectivity index (χ3v) is 2.80. The maximum absolute atomic E-state index is 11.5. The van der Waals surface area contributed by atoms with E-state index in [0.29, 0.717) is 0 Å². The lowest BCUT2D eigenvalue weighted by atomic mass is 9.90. The quantitative estimate of drug-likeness (QED) is 0.549. The molecule has 0 spiro atoms. The van der Waals surface area contributed by atoms with E-state index in [-0.39, 0.29) is 42.9 Å². The summed E-state index contributed by atoms with van der Waals surface area (Å²) in [5.41, 5.74) is 0.991. The van der Waals surface area contributed by atoms with Crippen LogP contribution in [0, 0.1) is 5.41 Å². The van der Waals surface area contributed by atoms with Crippen molar-refractivity contribution in [2.24, 2.45) is 5.41 Å². The molecule has 4 heteroatoms. The molecule has 0 aromatic carbocycles. The van der Waals surface area contributed by atoms with Crippen LogP contribution >= 0.6 is 0 Å². The van der Waals surface area contributed by atoms with Gasteiger partial charge in [0.15, 0.2) is 0 Å². The highest BCUT2D eigenvalue weighted by molar-refractivity contribution is 5.77. The summed E-state index contributed by atoms with van der Waals surface area (Å²) in [6.45, 7) is 12.0. The van der Waals surface area contributed by atoms with E-state index in [9.17, 15) is 9.59 Å². The highest BCUT2D eigenvalue weighted by Crippen LogP contribution is 2.22. The Morgan fingerprint density at radius 1 is 1.11 bits per heavy atom. The lowest BCUT2D eigenvalue weighted by Gasteiger charge is -2.26. The molecule has 0 saturated carbocycles. The molecule has 1 atom stereocenters. The van der Waals surface area contributed by atoms with Crippen LogP contribution in [-0.2, 0) is 19.1 Å². The molecule has 1 unspecified atom stereocenters. The molecule has 0 aromatic rings. The van der Waals surface area contributed by atoms with Gasteiger partial charge < -0.3 is 9.47 Å². The zero-order valence-electron chi connectivity index (χ0n) is 12.9. The van der Waals surface area contributed by atoms with Crippen LogP contribution in [0.5, 0.6) is 0 Å². The van der Waals surface area contributed by atoms with Gasteiger partial charge in [0, 0.05) is 0 Å². The average Bonchev–Trinajstić information content (AvgIpc) is 2.24. The maximum atomic E-state index is 11.5. The topological polar surface area (TPSA) is 52.6 Å². The van der Waals surface area contributed by atoms with E-state index < -0.39 is 0 Å². The van der Waals surface area contributed by atoms with E-state index in [1.54, 1.807) is 0 Å². The maximum Gasteiger partial charge on any atom is 0.306 e. The summed E-state index contributed by atoms with van der Waals surface area (Å²) in [6.07, 6.45) is 1.76. The zero-order chi connectivity index (χ0) is 15.1. The number of rotatable bonds is 6. The van der Waals surface area contributed by atoms with Crippen LogP contribution < -0.4 is 0 Å². The monoisotopic (exact) mass is 270 g/mol. The van der Waals surface area contributed by atoms with E-state index in [0.717, 1.165) is 5.57 Å². The van der Waals surface area contributed by atoms with Gasteiger partial charge in [-0.1, -0.05) is 26.3 Å². The lowest BCUT2D eigenvalue weighted by molar-refractivity contribution is -0.156. The molecular weight excluding hydrogens is 244 g/mol. The van der Waals surface area contributed by atoms with Crippen molar-refractivity contribution in [1.29, 1.82) is 0 Å². The number of carbonyl (C=O) groups is 2. The Labute approximate surface area is 116 Å². The minimum atomic E-state index is -0.377. The van der Waals surface area contributed by atoms with Crippen LogP contribution in [0.15, 0.2) is 11.6 Å². The zero-order valence-corrected chi connectivity index (χ0v) is 12.9. The molecule has 0 aliphatic heterocycles. The smallest absolute Gasteiger partial charge is 0.306 e. The van der Waals surface area contributed by atoms with E-state index >= 15 is 0 Å². The van der Waals surface area contributed by atoms with Gasteiger partial charge in [-0.15, -0.1) is 0 Å². The molecule has 0 radical (unpaired) electrons. The van der Waals surface area contributed by atoms with Crippen LogP contribution in [0.1, 0.15) is 54.4 Å². The molecule has 0 aromatic heterocycles. The molecule has 0 N–H and O–H groups in total. The van der Waals surface area contributed by atoms with Crippen LogP contribution in [0.4, 0.5) is 0 Å². The van der Waals surface area contributed by atoms with Crippen molar-refractivity contribution in [3.63, 3.8) is 0 Å². The van der Waals surface area contributed by atoms with Gasteiger partial charge in [-0.25, -0.2) is 0 Å². The largest absolute Gasteiger partial charge is 0.462 e. The van der Waals surface area contributed by atoms with Gasteiger partial charge in [0.1, 0.15) is 12.7 Å². The van der Waals surface area contributed by atoms with Crippen molar-refractivity contribution in [3.05, 3.63) is 11.6 Å². The first kappa shape index (κ1) is 17.7. The van der Waals surface area contributed by atoms with Crippen LogP contribution in [0.2, 0.25) is 0 Å². The average molecular weight is 270 g/mol. The van der Waals surface area contributed by atoms with E-state index in [2.05, 4.69) is 0 Å². The van der Waals surface area contributed by atoms with Crippen LogP contribution in [0.3, 0.4) is 0 Å². The number of allylic oxidation sites excluding steroid dienone is 1. The fourth-order valence-corrected chi connectivity index (χ4v) is 1.01. The normalized spacial score (nSPS) is 12.5. The summed E-state index contributed by atoms with van der Waals surface area (Å²) < 4.78 is 10.2. The molecule has 19 heavy (non-hydrogen) atoms. The Hall–Kier alpha value is -1.32. The van der Waals surface area contributed by atoms with Crippen molar-refractivity contribution in [3.8, 4) is 0 Å². The highest BCUT2D eigenvalue weighted by atomic mass is 16.5. The summed E-state index contributed by atoms with van der Waals surface area (Å²) in [5.74, 6) is -0.737. The Bertz CT molecular complexity index is 333. The summed E-state index contributed by atoms with van der Waals surface area (Å²) in [7, 11) is 0. The van der Waals surface area contributed by atoms with Gasteiger partial charge in [0.25, 0.3) is 0 Å². The molecule has 0 bridgehead atoms. The van der Waals surface area contributed by atoms with Crippen molar-refractivity contribution < 1.29 is 19.1 Å². The second-order valence-electron chi connectivity index (χ2n) is 5.96. The first-order chi connectivity index (χ1) is 8.62. The SMILES string of the molecule is CC(C)=CCOC(=O)CCC(=O)OC(C)C(C)(C)C. The number of carbonyl (C=O) groups excluding carboxylic acids is 2. The highest BCUT2D eigenvalue weighted by Gasteiger charge is 2.23. The second-order valence-corrected chi connectivity index (χ2v) is 5.96. The molecule has 0 aliphatic rings. The summed E-state index contributed by atoms with van der Waals surface area (Å²) in [5, 5.41) is 0. The van der Waals surface area contributed by atoms with Crippen LogP contribution in [0.25, 0.3) is 0 Å². The Morgan fingerprint density at radius 3 is 2.11 bits per heavy atom. The molecule has 0 saturated heterocycles. The molecule has 110 valence electrons. The molecule has 4 nitrogen and oxygen atoms in total. The number of hydrogen-bond acceptors (Lipinski definition) is 4. The standard InChI is InChI=1S/C15H26O4/c1-11(2)9-10-18-13(16)7-8-14(17)19-12(3)15(4,5)6/h9,12H,7-8,10H2,1-6H3. The molecule has 0 fully saturated rings. The van der Waals surface area contributed by atoms with E-state index in [1.165, 1.54) is 0 Å².